The summed E-state index contributed by atoms with van der Waals surface area (Å²) in [6, 6.07) is 0.426. The highest BCUT2D eigenvalue weighted by molar-refractivity contribution is 8.16. The predicted molar refractivity (Wildman–Crippen MR) is 112 cm³/mol. The molecule has 1 unspecified atom stereocenters. The van der Waals surface area contributed by atoms with Gasteiger partial charge in [0, 0.05) is 19.0 Å². The third-order valence-electron chi connectivity index (χ3n) is 8.25. The van der Waals surface area contributed by atoms with Crippen LogP contribution in [0.15, 0.2) is 4.99 Å². The number of thioether (sulfide) groups is 1. The number of likely N-dealkylation sites (tertiary alicyclic amines) is 1. The molecule has 5 rings (SSSR count). The van der Waals surface area contributed by atoms with E-state index < -0.39 is 4.75 Å². The van der Waals surface area contributed by atoms with Crippen LogP contribution in [0.25, 0.3) is 0 Å². The van der Waals surface area contributed by atoms with Crippen molar-refractivity contribution in [2.45, 2.75) is 81.9 Å². The Morgan fingerprint density at radius 3 is 2.50 bits per heavy atom. The number of amidine groups is 1. The molecule has 2 heterocycles. The summed E-state index contributed by atoms with van der Waals surface area (Å²) in [6.07, 6.45) is 11.6. The molecule has 6 heteroatoms. The van der Waals surface area contributed by atoms with Crippen molar-refractivity contribution in [2.75, 3.05) is 13.1 Å². The SMILES string of the molecule is CC1(C2CCN(C(=O)C3CCCC3)CC2)SC(=N[C@H]2C[C@H]3CC[C@H]2C3)NC1=O. The van der Waals surface area contributed by atoms with Crippen LogP contribution in [0.1, 0.15) is 71.1 Å². The Labute approximate surface area is 172 Å². The minimum Gasteiger partial charge on any atom is -0.342 e. The van der Waals surface area contributed by atoms with Gasteiger partial charge in [0.25, 0.3) is 0 Å². The largest absolute Gasteiger partial charge is 0.342 e. The number of amides is 2. The van der Waals surface area contributed by atoms with E-state index in [9.17, 15) is 9.59 Å². The Bertz CT molecular complexity index is 681. The number of fused-ring (bicyclic) bond motifs is 2. The molecule has 0 radical (unpaired) electrons. The molecule has 0 aromatic heterocycles. The first-order valence-electron chi connectivity index (χ1n) is 11.4. The molecule has 3 saturated carbocycles. The normalized spacial score (nSPS) is 40.6. The quantitative estimate of drug-likeness (QED) is 0.783. The van der Waals surface area contributed by atoms with Crippen molar-refractivity contribution in [2.24, 2.45) is 28.7 Å². The van der Waals surface area contributed by atoms with Crippen molar-refractivity contribution in [3.63, 3.8) is 0 Å². The molecule has 154 valence electrons. The van der Waals surface area contributed by atoms with Crippen LogP contribution >= 0.6 is 11.8 Å². The van der Waals surface area contributed by atoms with E-state index >= 15 is 0 Å². The molecule has 5 nitrogen and oxygen atoms in total. The minimum atomic E-state index is -0.432. The summed E-state index contributed by atoms with van der Waals surface area (Å²) in [5.74, 6) is 2.68. The van der Waals surface area contributed by atoms with Crippen LogP contribution in [-0.4, -0.2) is 45.8 Å². The molecule has 5 fully saturated rings. The highest BCUT2D eigenvalue weighted by Crippen LogP contribution is 2.48. The van der Waals surface area contributed by atoms with E-state index in [1.165, 1.54) is 38.5 Å². The molecule has 2 aliphatic heterocycles. The van der Waals surface area contributed by atoms with Crippen LogP contribution in [0.4, 0.5) is 0 Å². The molecule has 28 heavy (non-hydrogen) atoms. The maximum atomic E-state index is 12.9. The third kappa shape index (κ3) is 3.29. The van der Waals surface area contributed by atoms with Crippen LogP contribution in [0.3, 0.4) is 0 Å². The summed E-state index contributed by atoms with van der Waals surface area (Å²) in [5.41, 5.74) is 0. The number of carbonyl (C=O) groups excluding carboxylic acids is 2. The van der Waals surface area contributed by atoms with E-state index in [4.69, 9.17) is 4.99 Å². The van der Waals surface area contributed by atoms with Crippen molar-refractivity contribution in [1.82, 2.24) is 10.2 Å². The van der Waals surface area contributed by atoms with Gasteiger partial charge in [-0.1, -0.05) is 31.0 Å². The molecule has 3 aliphatic carbocycles. The van der Waals surface area contributed by atoms with Gasteiger partial charge in [-0.15, -0.1) is 0 Å². The van der Waals surface area contributed by atoms with E-state index in [2.05, 4.69) is 17.1 Å². The molecule has 5 aliphatic rings. The van der Waals surface area contributed by atoms with Gasteiger partial charge in [-0.25, -0.2) is 0 Å². The lowest BCUT2D eigenvalue weighted by Crippen LogP contribution is -2.48. The highest BCUT2D eigenvalue weighted by Gasteiger charge is 2.50. The van der Waals surface area contributed by atoms with Gasteiger partial charge in [0.05, 0.1) is 6.04 Å². The van der Waals surface area contributed by atoms with Gasteiger partial charge in [0.1, 0.15) is 4.75 Å². The van der Waals surface area contributed by atoms with Gasteiger partial charge in [0.15, 0.2) is 5.17 Å². The first-order valence-corrected chi connectivity index (χ1v) is 12.2. The number of rotatable bonds is 3. The zero-order valence-electron chi connectivity index (χ0n) is 17.0. The smallest absolute Gasteiger partial charge is 0.242 e. The lowest BCUT2D eigenvalue weighted by molar-refractivity contribution is -0.137. The van der Waals surface area contributed by atoms with Gasteiger partial charge < -0.3 is 10.2 Å². The van der Waals surface area contributed by atoms with Crippen LogP contribution in [0.5, 0.6) is 0 Å². The van der Waals surface area contributed by atoms with Crippen LogP contribution < -0.4 is 5.32 Å². The van der Waals surface area contributed by atoms with Crippen molar-refractivity contribution >= 4 is 28.7 Å². The maximum absolute atomic E-state index is 12.9. The molecule has 0 spiro atoms. The number of hydrogen-bond acceptors (Lipinski definition) is 4. The second-order valence-corrected chi connectivity index (χ2v) is 11.4. The number of carbonyl (C=O) groups is 2. The van der Waals surface area contributed by atoms with Gasteiger partial charge >= 0.3 is 0 Å². The Morgan fingerprint density at radius 2 is 1.86 bits per heavy atom. The predicted octanol–water partition coefficient (Wildman–Crippen LogP) is 3.58. The molecule has 2 bridgehead atoms. The van der Waals surface area contributed by atoms with E-state index in [-0.39, 0.29) is 11.8 Å². The molecular weight excluding hydrogens is 370 g/mol. The van der Waals surface area contributed by atoms with Gasteiger partial charge in [0.2, 0.25) is 11.8 Å². The van der Waals surface area contributed by atoms with Crippen molar-refractivity contribution in [3.05, 3.63) is 0 Å². The summed E-state index contributed by atoms with van der Waals surface area (Å²) < 4.78 is -0.432. The molecule has 2 saturated heterocycles. The summed E-state index contributed by atoms with van der Waals surface area (Å²) in [4.78, 5) is 32.6. The van der Waals surface area contributed by atoms with Gasteiger partial charge in [-0.05, 0) is 69.6 Å². The van der Waals surface area contributed by atoms with Crippen molar-refractivity contribution < 1.29 is 9.59 Å². The summed E-state index contributed by atoms with van der Waals surface area (Å²) in [5, 5.41) is 3.96. The molecule has 1 N–H and O–H groups in total. The average molecular weight is 404 g/mol. The number of hydrogen-bond donors (Lipinski definition) is 1. The summed E-state index contributed by atoms with van der Waals surface area (Å²) in [7, 11) is 0. The van der Waals surface area contributed by atoms with Crippen molar-refractivity contribution in [1.29, 1.82) is 0 Å². The zero-order valence-corrected chi connectivity index (χ0v) is 17.8. The molecular formula is C22H33N3O2S. The zero-order chi connectivity index (χ0) is 19.3. The number of aliphatic imine (C=N–C) groups is 1. The first kappa shape index (κ1) is 19.0. The Balaban J connectivity index is 1.20. The fourth-order valence-electron chi connectivity index (χ4n) is 6.42. The van der Waals surface area contributed by atoms with Gasteiger partial charge in [-0.3, -0.25) is 14.6 Å². The van der Waals surface area contributed by atoms with Crippen LogP contribution in [0.2, 0.25) is 0 Å². The molecule has 4 atom stereocenters. The summed E-state index contributed by atoms with van der Waals surface area (Å²) >= 11 is 1.66. The minimum absolute atomic E-state index is 0.125. The lowest BCUT2D eigenvalue weighted by atomic mass is 9.83. The monoisotopic (exact) mass is 403 g/mol. The van der Waals surface area contributed by atoms with Crippen LogP contribution in [-0.2, 0) is 9.59 Å². The topological polar surface area (TPSA) is 61.8 Å². The second-order valence-electron chi connectivity index (χ2n) is 9.92. The third-order valence-corrected chi connectivity index (χ3v) is 9.60. The average Bonchev–Trinajstić information content (AvgIpc) is 3.48. The molecule has 0 aromatic rings. The molecule has 0 aromatic carbocycles. The highest BCUT2D eigenvalue weighted by atomic mass is 32.2. The van der Waals surface area contributed by atoms with E-state index in [1.54, 1.807) is 11.8 Å². The number of piperidine rings is 1. The van der Waals surface area contributed by atoms with Crippen molar-refractivity contribution in [3.8, 4) is 0 Å². The fraction of sp³-hybridized carbons (Fsp3) is 0.864. The van der Waals surface area contributed by atoms with E-state index in [1.807, 2.05) is 0 Å². The van der Waals surface area contributed by atoms with Crippen LogP contribution in [0, 0.1) is 23.7 Å². The first-order chi connectivity index (χ1) is 13.5. The number of nitrogens with one attached hydrogen (secondary N) is 1. The van der Waals surface area contributed by atoms with E-state index in [0.717, 1.165) is 55.8 Å². The second kappa shape index (κ2) is 7.33. The maximum Gasteiger partial charge on any atom is 0.242 e. The summed E-state index contributed by atoms with van der Waals surface area (Å²) in [6.45, 7) is 3.71. The van der Waals surface area contributed by atoms with E-state index in [0.29, 0.717) is 17.9 Å². The van der Waals surface area contributed by atoms with Gasteiger partial charge in [-0.2, -0.15) is 0 Å². The lowest BCUT2D eigenvalue weighted by Gasteiger charge is -2.39. The fourth-order valence-corrected chi connectivity index (χ4v) is 7.70. The Morgan fingerprint density at radius 1 is 1.11 bits per heavy atom. The Hall–Kier alpha value is -1.04. The number of nitrogens with zero attached hydrogens (tertiary/aromatic N) is 2. The standard InChI is InChI=1S/C22H33N3O2S/c1-22(17-8-10-25(11-9-17)19(26)15-4-2-3-5-15)20(27)24-21(28-22)23-18-13-14-6-7-16(18)12-14/h14-18H,2-13H2,1H3,(H,23,24,27)/t14-,16-,18-,22?/m0/s1. The Kier molecular flexibility index (Phi) is 4.96. The molecule has 2 amide bonds.